The van der Waals surface area contributed by atoms with Gasteiger partial charge in [0.1, 0.15) is 0 Å². The van der Waals surface area contributed by atoms with Crippen LogP contribution in [0.2, 0.25) is 0 Å². The summed E-state index contributed by atoms with van der Waals surface area (Å²) in [5, 5.41) is 8.75. The lowest BCUT2D eigenvalue weighted by Crippen LogP contribution is -2.05. The second-order valence-electron chi connectivity index (χ2n) is 7.01. The summed E-state index contributed by atoms with van der Waals surface area (Å²) < 4.78 is 12.1. The van der Waals surface area contributed by atoms with Crippen molar-refractivity contribution in [1.29, 1.82) is 0 Å². The van der Waals surface area contributed by atoms with Crippen LogP contribution in [0.1, 0.15) is 34.1 Å². The molecule has 0 bridgehead atoms. The Kier molecular flexibility index (Phi) is 5.43. The molecule has 7 heteroatoms. The number of ether oxygens (including phenoxy) is 1. The van der Waals surface area contributed by atoms with Gasteiger partial charge in [-0.1, -0.05) is 54.0 Å². The highest BCUT2D eigenvalue weighted by molar-refractivity contribution is 5.89. The predicted molar refractivity (Wildman–Crippen MR) is 112 cm³/mol. The number of carbonyl (C=O) groups excluding carboxylic acids is 1. The van der Waals surface area contributed by atoms with Gasteiger partial charge in [0, 0.05) is 11.3 Å². The Morgan fingerprint density at radius 3 is 2.50 bits per heavy atom. The van der Waals surface area contributed by atoms with Crippen molar-refractivity contribution in [2.75, 3.05) is 7.11 Å². The maximum atomic E-state index is 11.6. The van der Waals surface area contributed by atoms with Crippen LogP contribution in [-0.2, 0) is 17.7 Å². The van der Waals surface area contributed by atoms with Crippen LogP contribution < -0.4 is 0 Å². The summed E-state index contributed by atoms with van der Waals surface area (Å²) in [6, 6.07) is 17.2. The van der Waals surface area contributed by atoms with Gasteiger partial charge in [0.05, 0.1) is 19.2 Å². The van der Waals surface area contributed by atoms with Crippen molar-refractivity contribution < 1.29 is 14.1 Å². The highest BCUT2D eigenvalue weighted by Crippen LogP contribution is 2.23. The number of hydrogen-bond acceptors (Lipinski definition) is 6. The Morgan fingerprint density at radius 2 is 1.83 bits per heavy atom. The molecule has 0 saturated carbocycles. The van der Waals surface area contributed by atoms with Gasteiger partial charge in [-0.15, -0.1) is 0 Å². The van der Waals surface area contributed by atoms with Gasteiger partial charge in [0.25, 0.3) is 5.89 Å². The number of aromatic nitrogens is 4. The maximum Gasteiger partial charge on any atom is 0.337 e. The Labute approximate surface area is 174 Å². The molecule has 0 radical (unpaired) electrons. The fourth-order valence-electron chi connectivity index (χ4n) is 3.17. The summed E-state index contributed by atoms with van der Waals surface area (Å²) in [5.74, 6) is 0.411. The number of nitrogens with zero attached hydrogens (tertiary/aromatic N) is 4. The molecule has 0 fully saturated rings. The molecule has 0 aliphatic heterocycles. The van der Waals surface area contributed by atoms with E-state index in [0.29, 0.717) is 29.5 Å². The largest absolute Gasteiger partial charge is 0.465 e. The molecule has 2 heterocycles. The predicted octanol–water partition coefficient (Wildman–Crippen LogP) is 4.31. The zero-order valence-electron chi connectivity index (χ0n) is 17.1. The molecule has 0 N–H and O–H groups in total. The van der Waals surface area contributed by atoms with Gasteiger partial charge in [-0.05, 0) is 37.1 Å². The molecule has 2 aromatic carbocycles. The first-order valence-corrected chi connectivity index (χ1v) is 9.72. The molecule has 4 aromatic rings. The zero-order chi connectivity index (χ0) is 21.1. The molecule has 152 valence electrons. The smallest absolute Gasteiger partial charge is 0.337 e. The number of aryl methyl sites for hydroxylation is 2. The van der Waals surface area contributed by atoms with Crippen LogP contribution in [0.15, 0.2) is 59.1 Å². The van der Waals surface area contributed by atoms with Crippen LogP contribution in [0.25, 0.3) is 23.0 Å². The number of carbonyl (C=O) groups is 1. The SMILES string of the molecule is CCc1cc(-c2nc(-c3ccc(C(=O)OC)cc3)no2)nn1Cc1ccc(C)cc1. The monoisotopic (exact) mass is 402 g/mol. The average molecular weight is 402 g/mol. The molecular formula is C23H22N4O3. The van der Waals surface area contributed by atoms with Gasteiger partial charge in [-0.2, -0.15) is 10.1 Å². The molecule has 0 unspecified atom stereocenters. The molecule has 0 aliphatic rings. The van der Waals surface area contributed by atoms with Crippen molar-refractivity contribution in [2.45, 2.75) is 26.8 Å². The molecule has 7 nitrogen and oxygen atoms in total. The Morgan fingerprint density at radius 1 is 1.10 bits per heavy atom. The second kappa shape index (κ2) is 8.32. The van der Waals surface area contributed by atoms with Crippen molar-refractivity contribution >= 4 is 5.97 Å². The quantitative estimate of drug-likeness (QED) is 0.447. The molecular weight excluding hydrogens is 380 g/mol. The van der Waals surface area contributed by atoms with Gasteiger partial charge < -0.3 is 9.26 Å². The minimum Gasteiger partial charge on any atom is -0.465 e. The molecule has 4 rings (SSSR count). The summed E-state index contributed by atoms with van der Waals surface area (Å²) in [5.41, 5.74) is 5.35. The summed E-state index contributed by atoms with van der Waals surface area (Å²) in [7, 11) is 1.35. The summed E-state index contributed by atoms with van der Waals surface area (Å²) >= 11 is 0. The summed E-state index contributed by atoms with van der Waals surface area (Å²) in [6.45, 7) is 4.84. The fourth-order valence-corrected chi connectivity index (χ4v) is 3.17. The van der Waals surface area contributed by atoms with Gasteiger partial charge in [-0.3, -0.25) is 4.68 Å². The standard InChI is InChI=1S/C23H22N4O3/c1-4-19-13-20(25-27(19)14-16-7-5-15(2)6-8-16)22-24-21(26-30-22)17-9-11-18(12-10-17)23(28)29-3/h5-13H,4,14H2,1-3H3. The van der Waals surface area contributed by atoms with Crippen LogP contribution in [0.4, 0.5) is 0 Å². The maximum absolute atomic E-state index is 11.6. The molecule has 0 saturated heterocycles. The molecule has 0 aliphatic carbocycles. The molecule has 0 spiro atoms. The Hall–Kier alpha value is -3.74. The molecule has 0 atom stereocenters. The minimum atomic E-state index is -0.387. The van der Waals surface area contributed by atoms with Crippen molar-refractivity contribution in [3.05, 3.63) is 77.0 Å². The summed E-state index contributed by atoms with van der Waals surface area (Å²) in [4.78, 5) is 16.1. The van der Waals surface area contributed by atoms with E-state index in [1.54, 1.807) is 24.3 Å². The second-order valence-corrected chi connectivity index (χ2v) is 7.01. The van der Waals surface area contributed by atoms with E-state index in [4.69, 9.17) is 9.26 Å². The van der Waals surface area contributed by atoms with Gasteiger partial charge >= 0.3 is 5.97 Å². The Bertz CT molecular complexity index is 1160. The average Bonchev–Trinajstić information content (AvgIpc) is 3.42. The highest BCUT2D eigenvalue weighted by atomic mass is 16.5. The van der Waals surface area contributed by atoms with Gasteiger partial charge in [0.15, 0.2) is 5.69 Å². The number of hydrogen-bond donors (Lipinski definition) is 0. The van der Waals surface area contributed by atoms with Crippen LogP contribution in [-0.4, -0.2) is 33.0 Å². The van der Waals surface area contributed by atoms with E-state index in [1.807, 2.05) is 10.7 Å². The third-order valence-corrected chi connectivity index (χ3v) is 4.89. The van der Waals surface area contributed by atoms with E-state index >= 15 is 0 Å². The highest BCUT2D eigenvalue weighted by Gasteiger charge is 2.16. The van der Waals surface area contributed by atoms with E-state index in [9.17, 15) is 4.79 Å². The first-order valence-electron chi connectivity index (χ1n) is 9.72. The lowest BCUT2D eigenvalue weighted by atomic mass is 10.1. The minimum absolute atomic E-state index is 0.361. The lowest BCUT2D eigenvalue weighted by molar-refractivity contribution is 0.0600. The molecule has 30 heavy (non-hydrogen) atoms. The number of benzene rings is 2. The number of rotatable bonds is 6. The van der Waals surface area contributed by atoms with E-state index in [0.717, 1.165) is 17.7 Å². The first kappa shape index (κ1) is 19.6. The van der Waals surface area contributed by atoms with Crippen LogP contribution >= 0.6 is 0 Å². The van der Waals surface area contributed by atoms with Crippen molar-refractivity contribution in [1.82, 2.24) is 19.9 Å². The van der Waals surface area contributed by atoms with E-state index in [2.05, 4.69) is 53.4 Å². The van der Waals surface area contributed by atoms with Crippen molar-refractivity contribution in [2.24, 2.45) is 0 Å². The normalized spacial score (nSPS) is 10.9. The van der Waals surface area contributed by atoms with Crippen molar-refractivity contribution in [3.8, 4) is 23.0 Å². The van der Waals surface area contributed by atoms with Gasteiger partial charge in [0.2, 0.25) is 5.82 Å². The van der Waals surface area contributed by atoms with E-state index in [-0.39, 0.29) is 5.97 Å². The third kappa shape index (κ3) is 4.00. The molecule has 2 aromatic heterocycles. The van der Waals surface area contributed by atoms with E-state index < -0.39 is 0 Å². The fraction of sp³-hybridized carbons (Fsp3) is 0.217. The first-order chi connectivity index (χ1) is 14.6. The van der Waals surface area contributed by atoms with Crippen LogP contribution in [0.5, 0.6) is 0 Å². The third-order valence-electron chi connectivity index (χ3n) is 4.89. The zero-order valence-corrected chi connectivity index (χ0v) is 17.1. The lowest BCUT2D eigenvalue weighted by Gasteiger charge is -2.06. The van der Waals surface area contributed by atoms with Crippen LogP contribution in [0, 0.1) is 6.92 Å². The number of esters is 1. The summed E-state index contributed by atoms with van der Waals surface area (Å²) in [6.07, 6.45) is 0.842. The number of methoxy groups -OCH3 is 1. The van der Waals surface area contributed by atoms with E-state index in [1.165, 1.54) is 18.2 Å². The molecule has 0 amide bonds. The van der Waals surface area contributed by atoms with Gasteiger partial charge in [-0.25, -0.2) is 4.79 Å². The van der Waals surface area contributed by atoms with Crippen molar-refractivity contribution in [3.63, 3.8) is 0 Å². The Balaban J connectivity index is 1.58. The topological polar surface area (TPSA) is 83.0 Å². The van der Waals surface area contributed by atoms with Crippen LogP contribution in [0.3, 0.4) is 0 Å².